The normalized spacial score (nSPS) is 10.6. The van der Waals surface area contributed by atoms with E-state index in [0.717, 1.165) is 27.8 Å². The predicted octanol–water partition coefficient (Wildman–Crippen LogP) is 4.44. The number of aromatic nitrogens is 3. The van der Waals surface area contributed by atoms with Crippen LogP contribution in [0.4, 0.5) is 10.1 Å². The van der Waals surface area contributed by atoms with Crippen molar-refractivity contribution < 1.29 is 9.18 Å². The number of fused-ring (bicyclic) bond motifs is 1. The summed E-state index contributed by atoms with van der Waals surface area (Å²) in [4.78, 5) is 17.4. The summed E-state index contributed by atoms with van der Waals surface area (Å²) in [6.07, 6.45) is 1.41. The van der Waals surface area contributed by atoms with Crippen molar-refractivity contribution in [3.63, 3.8) is 0 Å². The summed E-state index contributed by atoms with van der Waals surface area (Å²) in [5.74, 6) is -0.771. The molecule has 1 aromatic carbocycles. The molecule has 9 heteroatoms. The van der Waals surface area contributed by atoms with E-state index in [4.69, 9.17) is 5.73 Å². The molecule has 0 aliphatic rings. The maximum absolute atomic E-state index is 13.8. The summed E-state index contributed by atoms with van der Waals surface area (Å²) in [5.41, 5.74) is 10.4. The first-order chi connectivity index (χ1) is 14.0. The van der Waals surface area contributed by atoms with Gasteiger partial charge < -0.3 is 11.1 Å². The molecule has 0 atom stereocenters. The molecule has 1 amide bonds. The number of thiophene rings is 1. The maximum atomic E-state index is 13.8. The number of anilines is 1. The van der Waals surface area contributed by atoms with Crippen LogP contribution in [0, 0.1) is 19.8 Å². The lowest BCUT2D eigenvalue weighted by Crippen LogP contribution is -2.22. The quantitative estimate of drug-likeness (QED) is 0.454. The molecule has 4 aromatic rings. The number of pyridine rings is 1. The molecule has 0 aliphatic carbocycles. The Bertz CT molecular complexity index is 1230. The molecular weight excluding hydrogens is 425 g/mol. The number of carbonyl (C=O) groups is 1. The third-order valence-corrected chi connectivity index (χ3v) is 5.91. The van der Waals surface area contributed by atoms with Crippen molar-refractivity contribution in [1.29, 1.82) is 0 Å². The SMILES string of the molecule is Cc1nnc2sc(C(=O)NCc3ccc(-c4cccnc4F)cc3)c(N)c2c1C.Cl. The molecule has 0 saturated heterocycles. The first kappa shape index (κ1) is 21.6. The standard InChI is InChI=1S/C21H18FN5OS.ClH/c1-11-12(2)26-27-21-16(11)17(23)18(29-21)20(28)25-10-13-5-7-14(8-6-13)15-4-3-9-24-19(15)22;/h3-9H,10,23H2,1-2H3,(H,25,28);1H. The minimum absolute atomic E-state index is 0. The lowest BCUT2D eigenvalue weighted by Gasteiger charge is -2.07. The number of nitrogen functional groups attached to an aromatic ring is 1. The van der Waals surface area contributed by atoms with E-state index < -0.39 is 5.95 Å². The highest BCUT2D eigenvalue weighted by Gasteiger charge is 2.19. The van der Waals surface area contributed by atoms with Crippen molar-refractivity contribution in [3.05, 3.63) is 70.2 Å². The molecule has 30 heavy (non-hydrogen) atoms. The van der Waals surface area contributed by atoms with E-state index in [2.05, 4.69) is 20.5 Å². The van der Waals surface area contributed by atoms with E-state index in [9.17, 15) is 9.18 Å². The minimum Gasteiger partial charge on any atom is -0.397 e. The van der Waals surface area contributed by atoms with Gasteiger partial charge >= 0.3 is 0 Å². The second kappa shape index (κ2) is 8.73. The van der Waals surface area contributed by atoms with Gasteiger partial charge in [0.1, 0.15) is 9.71 Å². The van der Waals surface area contributed by atoms with Crippen LogP contribution in [0.3, 0.4) is 0 Å². The van der Waals surface area contributed by atoms with Crippen LogP contribution in [0.1, 0.15) is 26.5 Å². The van der Waals surface area contributed by atoms with Gasteiger partial charge in [0, 0.05) is 23.7 Å². The topological polar surface area (TPSA) is 93.8 Å². The maximum Gasteiger partial charge on any atom is 0.263 e. The summed E-state index contributed by atoms with van der Waals surface area (Å²) >= 11 is 1.23. The van der Waals surface area contributed by atoms with Crippen LogP contribution < -0.4 is 11.1 Å². The number of rotatable bonds is 4. The van der Waals surface area contributed by atoms with Gasteiger partial charge in [0.05, 0.1) is 11.4 Å². The summed E-state index contributed by atoms with van der Waals surface area (Å²) < 4.78 is 13.8. The van der Waals surface area contributed by atoms with Crippen LogP contribution in [-0.2, 0) is 6.54 Å². The Balaban J connectivity index is 0.00000256. The highest BCUT2D eigenvalue weighted by Crippen LogP contribution is 2.34. The lowest BCUT2D eigenvalue weighted by atomic mass is 10.1. The van der Waals surface area contributed by atoms with Crippen LogP contribution in [0.5, 0.6) is 0 Å². The highest BCUT2D eigenvalue weighted by molar-refractivity contribution is 7.21. The number of halogens is 2. The molecule has 3 N–H and O–H groups in total. The minimum atomic E-state index is -0.512. The van der Waals surface area contributed by atoms with E-state index >= 15 is 0 Å². The molecule has 3 aromatic heterocycles. The van der Waals surface area contributed by atoms with E-state index in [1.54, 1.807) is 24.3 Å². The molecule has 3 heterocycles. The molecule has 0 spiro atoms. The molecule has 0 aliphatic heterocycles. The molecule has 0 fully saturated rings. The van der Waals surface area contributed by atoms with Gasteiger partial charge in [-0.2, -0.15) is 9.49 Å². The van der Waals surface area contributed by atoms with Crippen molar-refractivity contribution in [2.24, 2.45) is 0 Å². The molecule has 6 nitrogen and oxygen atoms in total. The zero-order valence-electron chi connectivity index (χ0n) is 16.3. The fourth-order valence-electron chi connectivity index (χ4n) is 3.08. The van der Waals surface area contributed by atoms with Crippen molar-refractivity contribution in [3.8, 4) is 11.1 Å². The Morgan fingerprint density at radius 3 is 2.60 bits per heavy atom. The van der Waals surface area contributed by atoms with Gasteiger partial charge in [-0.1, -0.05) is 24.3 Å². The monoisotopic (exact) mass is 443 g/mol. The van der Waals surface area contributed by atoms with Crippen LogP contribution in [0.25, 0.3) is 21.3 Å². The van der Waals surface area contributed by atoms with Gasteiger partial charge in [-0.15, -0.1) is 28.8 Å². The van der Waals surface area contributed by atoms with Crippen LogP contribution >= 0.6 is 23.7 Å². The number of amides is 1. The van der Waals surface area contributed by atoms with Crippen LogP contribution in [0.2, 0.25) is 0 Å². The first-order valence-corrected chi connectivity index (χ1v) is 9.77. The molecule has 4 rings (SSSR count). The number of nitrogens with one attached hydrogen (secondary N) is 1. The molecule has 0 saturated carbocycles. The number of benzene rings is 1. The van der Waals surface area contributed by atoms with E-state index in [0.29, 0.717) is 27.5 Å². The zero-order valence-corrected chi connectivity index (χ0v) is 17.9. The average Bonchev–Trinajstić information content (AvgIpc) is 3.07. The Labute approximate surface area is 182 Å². The average molecular weight is 444 g/mol. The smallest absolute Gasteiger partial charge is 0.263 e. The zero-order chi connectivity index (χ0) is 20.5. The molecule has 0 unspecified atom stereocenters. The van der Waals surface area contributed by atoms with Crippen LogP contribution in [0.15, 0.2) is 42.6 Å². The largest absolute Gasteiger partial charge is 0.397 e. The Kier molecular flexibility index (Phi) is 6.28. The molecular formula is C21H19ClFN5OS. The van der Waals surface area contributed by atoms with Crippen LogP contribution in [-0.4, -0.2) is 21.1 Å². The first-order valence-electron chi connectivity index (χ1n) is 8.95. The van der Waals surface area contributed by atoms with Crippen molar-refractivity contribution >= 4 is 45.6 Å². The number of aryl methyl sites for hydroxylation is 2. The van der Waals surface area contributed by atoms with Crippen molar-refractivity contribution in [2.45, 2.75) is 20.4 Å². The third kappa shape index (κ3) is 3.96. The molecule has 0 radical (unpaired) electrons. The van der Waals surface area contributed by atoms with Crippen molar-refractivity contribution in [1.82, 2.24) is 20.5 Å². The number of carbonyl (C=O) groups excluding carboxylic acids is 1. The Morgan fingerprint density at radius 1 is 1.17 bits per heavy atom. The van der Waals surface area contributed by atoms with Gasteiger partial charge in [0.2, 0.25) is 5.95 Å². The Hall–Kier alpha value is -3.10. The number of hydrogen-bond donors (Lipinski definition) is 2. The van der Waals surface area contributed by atoms with Gasteiger partial charge in [0.25, 0.3) is 5.91 Å². The van der Waals surface area contributed by atoms with Gasteiger partial charge in [0.15, 0.2) is 0 Å². The summed E-state index contributed by atoms with van der Waals surface area (Å²) in [7, 11) is 0. The highest BCUT2D eigenvalue weighted by atomic mass is 35.5. The third-order valence-electron chi connectivity index (χ3n) is 4.82. The number of nitrogens with zero attached hydrogens (tertiary/aromatic N) is 3. The summed E-state index contributed by atoms with van der Waals surface area (Å²) in [6.45, 7) is 4.11. The second-order valence-electron chi connectivity index (χ2n) is 6.66. The second-order valence-corrected chi connectivity index (χ2v) is 7.66. The Morgan fingerprint density at radius 2 is 1.90 bits per heavy atom. The lowest BCUT2D eigenvalue weighted by molar-refractivity contribution is 0.0956. The number of nitrogens with two attached hydrogens (primary N) is 1. The van der Waals surface area contributed by atoms with Crippen molar-refractivity contribution in [2.75, 3.05) is 5.73 Å². The fourth-order valence-corrected chi connectivity index (χ4v) is 4.09. The van der Waals surface area contributed by atoms with E-state index in [-0.39, 0.29) is 18.3 Å². The van der Waals surface area contributed by atoms with Gasteiger partial charge in [-0.3, -0.25) is 4.79 Å². The molecule has 154 valence electrons. The summed E-state index contributed by atoms with van der Waals surface area (Å²) in [5, 5.41) is 11.9. The van der Waals surface area contributed by atoms with Gasteiger partial charge in [-0.05, 0) is 42.7 Å². The molecule has 0 bridgehead atoms. The predicted molar refractivity (Wildman–Crippen MR) is 119 cm³/mol. The summed E-state index contributed by atoms with van der Waals surface area (Å²) in [6, 6.07) is 10.7. The fraction of sp³-hybridized carbons (Fsp3) is 0.143. The van der Waals surface area contributed by atoms with E-state index in [1.165, 1.54) is 17.5 Å². The van der Waals surface area contributed by atoms with Gasteiger partial charge in [-0.25, -0.2) is 4.98 Å². The number of hydrogen-bond acceptors (Lipinski definition) is 6. The van der Waals surface area contributed by atoms with E-state index in [1.807, 2.05) is 26.0 Å².